The van der Waals surface area contributed by atoms with Crippen LogP contribution in [0.2, 0.25) is 0 Å². The van der Waals surface area contributed by atoms with Gasteiger partial charge < -0.3 is 10.3 Å². The first-order chi connectivity index (χ1) is 8.04. The molecule has 0 atom stereocenters. The molecular formula is C12H11F3N2. The fourth-order valence-electron chi connectivity index (χ4n) is 2.27. The van der Waals surface area contributed by atoms with Crippen LogP contribution in [-0.4, -0.2) is 11.5 Å². The first-order valence-corrected chi connectivity index (χ1v) is 5.46. The van der Waals surface area contributed by atoms with Crippen molar-refractivity contribution >= 4 is 10.9 Å². The van der Waals surface area contributed by atoms with Crippen molar-refractivity contribution in [2.45, 2.75) is 19.1 Å². The third-order valence-electron chi connectivity index (χ3n) is 3.13. The van der Waals surface area contributed by atoms with E-state index in [1.807, 2.05) is 12.1 Å². The standard InChI is InChI=1S/C12H11F3N2/c13-12(14,15)11-5-8-3-7-1-2-16-6-9(7)4-10(8)17-11/h3-5,16-17H,1-2,6H2. The summed E-state index contributed by atoms with van der Waals surface area (Å²) in [5.41, 5.74) is 2.10. The van der Waals surface area contributed by atoms with Crippen molar-refractivity contribution < 1.29 is 13.2 Å². The van der Waals surface area contributed by atoms with Crippen molar-refractivity contribution in [1.29, 1.82) is 0 Å². The quantitative estimate of drug-likeness (QED) is 0.728. The fourth-order valence-corrected chi connectivity index (χ4v) is 2.27. The molecule has 1 aliphatic heterocycles. The largest absolute Gasteiger partial charge is 0.431 e. The van der Waals surface area contributed by atoms with Gasteiger partial charge in [-0.1, -0.05) is 0 Å². The normalized spacial score (nSPS) is 16.2. The van der Waals surface area contributed by atoms with Gasteiger partial charge in [0.05, 0.1) is 0 Å². The highest BCUT2D eigenvalue weighted by Gasteiger charge is 2.32. The Kier molecular flexibility index (Phi) is 2.19. The summed E-state index contributed by atoms with van der Waals surface area (Å²) in [6.07, 6.45) is -3.43. The second-order valence-electron chi connectivity index (χ2n) is 4.32. The molecule has 0 fully saturated rings. The molecular weight excluding hydrogens is 229 g/mol. The van der Waals surface area contributed by atoms with Gasteiger partial charge in [0, 0.05) is 17.4 Å². The van der Waals surface area contributed by atoms with Crippen molar-refractivity contribution in [3.8, 4) is 0 Å². The van der Waals surface area contributed by atoms with Crippen molar-refractivity contribution in [3.05, 3.63) is 35.0 Å². The molecule has 0 aliphatic carbocycles. The van der Waals surface area contributed by atoms with Gasteiger partial charge in [-0.05, 0) is 42.3 Å². The van der Waals surface area contributed by atoms with E-state index in [2.05, 4.69) is 10.3 Å². The van der Waals surface area contributed by atoms with Gasteiger partial charge in [-0.25, -0.2) is 0 Å². The van der Waals surface area contributed by atoms with Crippen molar-refractivity contribution in [3.63, 3.8) is 0 Å². The molecule has 0 spiro atoms. The van der Waals surface area contributed by atoms with Crippen LogP contribution in [0.1, 0.15) is 16.8 Å². The summed E-state index contributed by atoms with van der Waals surface area (Å²) in [7, 11) is 0. The molecule has 2 heterocycles. The minimum atomic E-state index is -4.31. The summed E-state index contributed by atoms with van der Waals surface area (Å²) in [5, 5.41) is 3.84. The van der Waals surface area contributed by atoms with Gasteiger partial charge in [-0.3, -0.25) is 0 Å². The van der Waals surface area contributed by atoms with Gasteiger partial charge in [-0.15, -0.1) is 0 Å². The van der Waals surface area contributed by atoms with E-state index in [0.29, 0.717) is 10.9 Å². The Morgan fingerprint density at radius 3 is 2.65 bits per heavy atom. The molecule has 2 nitrogen and oxygen atoms in total. The number of alkyl halides is 3. The summed E-state index contributed by atoms with van der Waals surface area (Å²) in [6, 6.07) is 4.85. The minimum Gasteiger partial charge on any atom is -0.351 e. The van der Waals surface area contributed by atoms with E-state index in [0.717, 1.165) is 30.6 Å². The van der Waals surface area contributed by atoms with Crippen molar-refractivity contribution in [2.75, 3.05) is 6.54 Å². The highest BCUT2D eigenvalue weighted by atomic mass is 19.4. The fraction of sp³-hybridized carbons (Fsp3) is 0.333. The Hall–Kier alpha value is -1.49. The average molecular weight is 240 g/mol. The highest BCUT2D eigenvalue weighted by Crippen LogP contribution is 2.32. The lowest BCUT2D eigenvalue weighted by atomic mass is 9.99. The summed E-state index contributed by atoms with van der Waals surface area (Å²) >= 11 is 0. The zero-order valence-electron chi connectivity index (χ0n) is 8.99. The summed E-state index contributed by atoms with van der Waals surface area (Å²) in [6.45, 7) is 1.61. The molecule has 1 aromatic heterocycles. The molecule has 0 saturated carbocycles. The molecule has 0 bridgehead atoms. The maximum absolute atomic E-state index is 12.6. The number of nitrogens with one attached hydrogen (secondary N) is 2. The number of H-pyrrole nitrogens is 1. The number of benzene rings is 1. The Morgan fingerprint density at radius 1 is 1.06 bits per heavy atom. The summed E-state index contributed by atoms with van der Waals surface area (Å²) < 4.78 is 37.7. The van der Waals surface area contributed by atoms with Crippen LogP contribution in [-0.2, 0) is 19.1 Å². The number of aromatic nitrogens is 1. The Labute approximate surface area is 95.8 Å². The number of rotatable bonds is 0. The molecule has 1 aromatic carbocycles. The van der Waals surface area contributed by atoms with Crippen molar-refractivity contribution in [2.24, 2.45) is 0 Å². The monoisotopic (exact) mass is 240 g/mol. The molecule has 0 saturated heterocycles. The number of hydrogen-bond donors (Lipinski definition) is 2. The van der Waals surface area contributed by atoms with Gasteiger partial charge in [0.1, 0.15) is 5.69 Å². The first-order valence-electron chi connectivity index (χ1n) is 5.46. The summed E-state index contributed by atoms with van der Waals surface area (Å²) in [4.78, 5) is 2.43. The topological polar surface area (TPSA) is 27.8 Å². The molecule has 0 unspecified atom stereocenters. The van der Waals surface area contributed by atoms with Crippen LogP contribution in [0.25, 0.3) is 10.9 Å². The smallest absolute Gasteiger partial charge is 0.351 e. The van der Waals surface area contributed by atoms with Crippen molar-refractivity contribution in [1.82, 2.24) is 10.3 Å². The average Bonchev–Trinajstić information content (AvgIpc) is 2.68. The lowest BCUT2D eigenvalue weighted by Gasteiger charge is -2.16. The van der Waals surface area contributed by atoms with Gasteiger partial charge in [0.15, 0.2) is 0 Å². The number of fused-ring (bicyclic) bond motifs is 2. The Bertz CT molecular complexity index is 526. The van der Waals surface area contributed by atoms with Crippen LogP contribution in [0.15, 0.2) is 18.2 Å². The van der Waals surface area contributed by atoms with E-state index in [1.165, 1.54) is 6.07 Å². The van der Waals surface area contributed by atoms with Gasteiger partial charge in [-0.2, -0.15) is 13.2 Å². The Morgan fingerprint density at radius 2 is 1.88 bits per heavy atom. The maximum Gasteiger partial charge on any atom is 0.431 e. The molecule has 90 valence electrons. The Balaban J connectivity index is 2.16. The second kappa shape index (κ2) is 3.50. The molecule has 0 amide bonds. The van der Waals surface area contributed by atoms with E-state index >= 15 is 0 Å². The maximum atomic E-state index is 12.6. The third-order valence-corrected chi connectivity index (χ3v) is 3.13. The zero-order valence-corrected chi connectivity index (χ0v) is 8.99. The van der Waals surface area contributed by atoms with E-state index in [-0.39, 0.29) is 0 Å². The van der Waals surface area contributed by atoms with Crippen LogP contribution < -0.4 is 5.32 Å². The van der Waals surface area contributed by atoms with Crippen LogP contribution >= 0.6 is 0 Å². The van der Waals surface area contributed by atoms with Crippen LogP contribution in [0.4, 0.5) is 13.2 Å². The number of hydrogen-bond acceptors (Lipinski definition) is 1. The lowest BCUT2D eigenvalue weighted by molar-refractivity contribution is -0.140. The number of halogens is 3. The minimum absolute atomic E-state index is 0.555. The SMILES string of the molecule is FC(F)(F)c1cc2cc3c(cc2[nH]1)CNCC3. The molecule has 1 aliphatic rings. The summed E-state index contributed by atoms with van der Waals surface area (Å²) in [5.74, 6) is 0. The van der Waals surface area contributed by atoms with Crippen LogP contribution in [0, 0.1) is 0 Å². The highest BCUT2D eigenvalue weighted by molar-refractivity contribution is 5.82. The molecule has 2 aromatic rings. The van der Waals surface area contributed by atoms with E-state index in [9.17, 15) is 13.2 Å². The third kappa shape index (κ3) is 1.80. The van der Waals surface area contributed by atoms with Crippen LogP contribution in [0.5, 0.6) is 0 Å². The molecule has 2 N–H and O–H groups in total. The van der Waals surface area contributed by atoms with Crippen LogP contribution in [0.3, 0.4) is 0 Å². The van der Waals surface area contributed by atoms with Gasteiger partial charge in [0.2, 0.25) is 0 Å². The van der Waals surface area contributed by atoms with Gasteiger partial charge in [0.25, 0.3) is 0 Å². The molecule has 0 radical (unpaired) electrons. The number of aromatic amines is 1. The van der Waals surface area contributed by atoms with Gasteiger partial charge >= 0.3 is 6.18 Å². The molecule has 17 heavy (non-hydrogen) atoms. The predicted molar refractivity (Wildman–Crippen MR) is 58.7 cm³/mol. The molecule has 3 rings (SSSR count). The zero-order chi connectivity index (χ0) is 12.0. The lowest BCUT2D eigenvalue weighted by Crippen LogP contribution is -2.23. The predicted octanol–water partition coefficient (Wildman–Crippen LogP) is 2.83. The van der Waals surface area contributed by atoms with E-state index in [4.69, 9.17) is 0 Å². The first kappa shape index (κ1) is 10.7. The van der Waals surface area contributed by atoms with E-state index < -0.39 is 11.9 Å². The molecule has 5 heteroatoms. The van der Waals surface area contributed by atoms with E-state index in [1.54, 1.807) is 0 Å². The second-order valence-corrected chi connectivity index (χ2v) is 4.32.